The summed E-state index contributed by atoms with van der Waals surface area (Å²) in [5, 5.41) is 3.15. The summed E-state index contributed by atoms with van der Waals surface area (Å²) in [6.45, 7) is 8.35. The van der Waals surface area contributed by atoms with Crippen molar-refractivity contribution in [3.8, 4) is 0 Å². The van der Waals surface area contributed by atoms with Gasteiger partial charge in [-0.25, -0.2) is 0 Å². The average Bonchev–Trinajstić information content (AvgIpc) is 2.80. The van der Waals surface area contributed by atoms with Gasteiger partial charge < -0.3 is 11.1 Å². The third-order valence-electron chi connectivity index (χ3n) is 4.15. The first-order valence-electron chi connectivity index (χ1n) is 6.69. The van der Waals surface area contributed by atoms with Gasteiger partial charge in [-0.15, -0.1) is 0 Å². The van der Waals surface area contributed by atoms with Crippen molar-refractivity contribution in [3.05, 3.63) is 0 Å². The van der Waals surface area contributed by atoms with Gasteiger partial charge in [-0.3, -0.25) is 9.69 Å². The minimum atomic E-state index is -0.419. The van der Waals surface area contributed by atoms with Gasteiger partial charge in [0.1, 0.15) is 0 Å². The smallest absolute Gasteiger partial charge is 0.237 e. The molecule has 2 aliphatic rings. The predicted molar refractivity (Wildman–Crippen MR) is 68.6 cm³/mol. The van der Waals surface area contributed by atoms with E-state index in [4.69, 9.17) is 5.73 Å². The highest BCUT2D eigenvalue weighted by atomic mass is 16.2. The van der Waals surface area contributed by atoms with Gasteiger partial charge in [-0.1, -0.05) is 20.8 Å². The molecule has 2 fully saturated rings. The average molecular weight is 239 g/mol. The van der Waals surface area contributed by atoms with E-state index in [1.807, 2.05) is 20.8 Å². The monoisotopic (exact) mass is 239 g/mol. The fraction of sp³-hybridized carbons (Fsp3) is 0.923. The molecule has 0 saturated carbocycles. The Labute approximate surface area is 104 Å². The lowest BCUT2D eigenvalue weighted by Gasteiger charge is -2.29. The molecule has 0 aromatic rings. The van der Waals surface area contributed by atoms with Crippen LogP contribution >= 0.6 is 0 Å². The van der Waals surface area contributed by atoms with Crippen LogP contribution in [-0.4, -0.2) is 42.0 Å². The number of amides is 1. The van der Waals surface area contributed by atoms with E-state index in [0.717, 1.165) is 13.0 Å². The van der Waals surface area contributed by atoms with Gasteiger partial charge >= 0.3 is 0 Å². The maximum absolute atomic E-state index is 12.1. The molecule has 98 valence electrons. The van der Waals surface area contributed by atoms with Crippen LogP contribution in [0.25, 0.3) is 0 Å². The fourth-order valence-corrected chi connectivity index (χ4v) is 2.92. The molecule has 1 amide bonds. The molecule has 0 spiro atoms. The fourth-order valence-electron chi connectivity index (χ4n) is 2.92. The van der Waals surface area contributed by atoms with Gasteiger partial charge in [0, 0.05) is 18.6 Å². The van der Waals surface area contributed by atoms with Gasteiger partial charge in [-0.05, 0) is 31.2 Å². The van der Waals surface area contributed by atoms with E-state index in [1.54, 1.807) is 0 Å². The second-order valence-electron chi connectivity index (χ2n) is 6.49. The van der Waals surface area contributed by atoms with Crippen molar-refractivity contribution in [2.24, 2.45) is 11.1 Å². The first-order chi connectivity index (χ1) is 7.89. The molecule has 0 aromatic carbocycles. The van der Waals surface area contributed by atoms with Crippen molar-refractivity contribution in [1.29, 1.82) is 0 Å². The lowest BCUT2D eigenvalue weighted by atomic mass is 9.86. The number of carbonyl (C=O) groups is 1. The van der Waals surface area contributed by atoms with Crippen molar-refractivity contribution in [2.75, 3.05) is 13.1 Å². The van der Waals surface area contributed by atoms with E-state index in [-0.39, 0.29) is 11.3 Å². The lowest BCUT2D eigenvalue weighted by Crippen LogP contribution is -2.53. The topological polar surface area (TPSA) is 58.4 Å². The molecule has 17 heavy (non-hydrogen) atoms. The number of fused-ring (bicyclic) bond motifs is 1. The Balaban J connectivity index is 1.91. The molecule has 3 N–H and O–H groups in total. The van der Waals surface area contributed by atoms with Crippen molar-refractivity contribution < 1.29 is 4.79 Å². The molecule has 2 heterocycles. The number of nitrogens with two attached hydrogens (primary N) is 1. The van der Waals surface area contributed by atoms with Crippen LogP contribution in [0.15, 0.2) is 0 Å². The number of hydrogen-bond acceptors (Lipinski definition) is 3. The molecule has 2 unspecified atom stereocenters. The molecule has 0 bridgehead atoms. The van der Waals surface area contributed by atoms with Gasteiger partial charge in [0.05, 0.1) is 6.04 Å². The van der Waals surface area contributed by atoms with Crippen LogP contribution in [0, 0.1) is 5.41 Å². The van der Waals surface area contributed by atoms with Crippen LogP contribution in [0.5, 0.6) is 0 Å². The second-order valence-corrected chi connectivity index (χ2v) is 6.49. The minimum Gasteiger partial charge on any atom is -0.350 e. The highest BCUT2D eigenvalue weighted by Crippen LogP contribution is 2.28. The number of nitrogens with one attached hydrogen (secondary N) is 1. The summed E-state index contributed by atoms with van der Waals surface area (Å²) in [7, 11) is 0. The van der Waals surface area contributed by atoms with E-state index in [1.165, 1.54) is 19.4 Å². The lowest BCUT2D eigenvalue weighted by molar-refractivity contribution is -0.125. The maximum Gasteiger partial charge on any atom is 0.237 e. The predicted octanol–water partition coefficient (Wildman–Crippen LogP) is 0.713. The Morgan fingerprint density at radius 3 is 2.71 bits per heavy atom. The summed E-state index contributed by atoms with van der Waals surface area (Å²) in [5.74, 6) is 0.0104. The molecular formula is C13H25N3O. The molecule has 0 aromatic heterocycles. The first kappa shape index (κ1) is 12.8. The summed E-state index contributed by atoms with van der Waals surface area (Å²) in [5.41, 5.74) is 5.82. The number of nitrogens with zero attached hydrogens (tertiary/aromatic N) is 1. The van der Waals surface area contributed by atoms with Crippen LogP contribution in [-0.2, 0) is 4.79 Å². The zero-order chi connectivity index (χ0) is 12.6. The zero-order valence-electron chi connectivity index (χ0n) is 11.2. The largest absolute Gasteiger partial charge is 0.350 e. The molecule has 3 atom stereocenters. The van der Waals surface area contributed by atoms with E-state index < -0.39 is 6.04 Å². The highest BCUT2D eigenvalue weighted by Gasteiger charge is 2.39. The minimum absolute atomic E-state index is 0.0104. The first-order valence-corrected chi connectivity index (χ1v) is 6.69. The molecule has 4 nitrogen and oxygen atoms in total. The van der Waals surface area contributed by atoms with Gasteiger partial charge in [0.25, 0.3) is 0 Å². The number of hydrogen-bond donors (Lipinski definition) is 2. The van der Waals surface area contributed by atoms with Crippen molar-refractivity contribution in [1.82, 2.24) is 10.2 Å². The van der Waals surface area contributed by atoms with Gasteiger partial charge in [0.15, 0.2) is 0 Å². The summed E-state index contributed by atoms with van der Waals surface area (Å²) in [4.78, 5) is 14.6. The standard InChI is InChI=1S/C13H25N3O/c1-13(2,3)11(14)12(17)15-9-6-8-16-7-4-5-10(9)16/h9-11H,4-8,14H2,1-3H3,(H,15,17)/t9?,10?,11-/m1/s1. The summed E-state index contributed by atoms with van der Waals surface area (Å²) in [6, 6.07) is 0.461. The Hall–Kier alpha value is -0.610. The Morgan fingerprint density at radius 1 is 1.35 bits per heavy atom. The van der Waals surface area contributed by atoms with Gasteiger partial charge in [-0.2, -0.15) is 0 Å². The third kappa shape index (κ3) is 2.63. The van der Waals surface area contributed by atoms with Crippen molar-refractivity contribution in [3.63, 3.8) is 0 Å². The molecule has 0 aliphatic carbocycles. The van der Waals surface area contributed by atoms with Crippen LogP contribution in [0.3, 0.4) is 0 Å². The Bertz CT molecular complexity index is 298. The summed E-state index contributed by atoms with van der Waals surface area (Å²) in [6.07, 6.45) is 3.56. The number of rotatable bonds is 2. The maximum atomic E-state index is 12.1. The molecule has 2 saturated heterocycles. The summed E-state index contributed by atoms with van der Waals surface area (Å²) >= 11 is 0. The van der Waals surface area contributed by atoms with E-state index in [9.17, 15) is 4.79 Å². The van der Waals surface area contributed by atoms with Crippen LogP contribution < -0.4 is 11.1 Å². The zero-order valence-corrected chi connectivity index (χ0v) is 11.2. The number of carbonyl (C=O) groups excluding carboxylic acids is 1. The van der Waals surface area contributed by atoms with Crippen molar-refractivity contribution in [2.45, 2.75) is 58.2 Å². The quantitative estimate of drug-likeness (QED) is 0.746. The van der Waals surface area contributed by atoms with Crippen LogP contribution in [0.2, 0.25) is 0 Å². The summed E-state index contributed by atoms with van der Waals surface area (Å²) < 4.78 is 0. The third-order valence-corrected chi connectivity index (χ3v) is 4.15. The Kier molecular flexibility index (Phi) is 3.46. The normalized spacial score (nSPS) is 31.3. The molecular weight excluding hydrogens is 214 g/mol. The van der Waals surface area contributed by atoms with Gasteiger partial charge in [0.2, 0.25) is 5.91 Å². The SMILES string of the molecule is CC(C)(C)[C@H](N)C(=O)NC1CCN2CCCC12. The Morgan fingerprint density at radius 2 is 2.06 bits per heavy atom. The second kappa shape index (κ2) is 4.58. The molecule has 4 heteroatoms. The molecule has 2 aliphatic heterocycles. The van der Waals surface area contributed by atoms with E-state index in [2.05, 4.69) is 10.2 Å². The highest BCUT2D eigenvalue weighted by molar-refractivity contribution is 5.82. The van der Waals surface area contributed by atoms with Crippen LogP contribution in [0.1, 0.15) is 40.0 Å². The van der Waals surface area contributed by atoms with E-state index >= 15 is 0 Å². The van der Waals surface area contributed by atoms with Crippen molar-refractivity contribution >= 4 is 5.91 Å². The molecule has 2 rings (SSSR count). The van der Waals surface area contributed by atoms with E-state index in [0.29, 0.717) is 12.1 Å². The molecule has 0 radical (unpaired) electrons. The van der Waals surface area contributed by atoms with Crippen LogP contribution in [0.4, 0.5) is 0 Å².